The molecule has 1 amide bonds. The van der Waals surface area contributed by atoms with Crippen LogP contribution in [0.3, 0.4) is 0 Å². The normalized spacial score (nSPS) is 10.2. The summed E-state index contributed by atoms with van der Waals surface area (Å²) >= 11 is 0. The first kappa shape index (κ1) is 15.0. The zero-order valence-electron chi connectivity index (χ0n) is 12.1. The smallest absolute Gasteiger partial charge is 0.258 e. The number of amides is 1. The van der Waals surface area contributed by atoms with Crippen molar-refractivity contribution in [3.05, 3.63) is 53.5 Å². The van der Waals surface area contributed by atoms with Crippen molar-refractivity contribution in [2.45, 2.75) is 20.3 Å². The lowest BCUT2D eigenvalue weighted by atomic mass is 10.1. The van der Waals surface area contributed by atoms with Crippen LogP contribution in [0, 0.1) is 5.82 Å². The highest BCUT2D eigenvalue weighted by molar-refractivity contribution is 6.04. The molecule has 1 heterocycles. The minimum absolute atomic E-state index is 0.0251. The lowest BCUT2D eigenvalue weighted by molar-refractivity contribution is 0.102. The van der Waals surface area contributed by atoms with E-state index in [1.807, 2.05) is 32.0 Å². The first-order valence-electron chi connectivity index (χ1n) is 6.94. The Balaban J connectivity index is 2.22. The molecule has 2 N–H and O–H groups in total. The van der Waals surface area contributed by atoms with E-state index >= 15 is 0 Å². The molecule has 2 aromatic rings. The zero-order chi connectivity index (χ0) is 15.2. The van der Waals surface area contributed by atoms with E-state index in [2.05, 4.69) is 15.6 Å². The molecule has 4 nitrogen and oxygen atoms in total. The van der Waals surface area contributed by atoms with E-state index in [9.17, 15) is 9.18 Å². The number of aromatic nitrogens is 1. The van der Waals surface area contributed by atoms with Crippen LogP contribution in [0.5, 0.6) is 0 Å². The van der Waals surface area contributed by atoms with Crippen molar-refractivity contribution in [1.29, 1.82) is 0 Å². The van der Waals surface area contributed by atoms with E-state index in [1.165, 1.54) is 12.3 Å². The van der Waals surface area contributed by atoms with Crippen molar-refractivity contribution in [2.24, 2.45) is 0 Å². The van der Waals surface area contributed by atoms with Crippen LogP contribution in [-0.4, -0.2) is 17.4 Å². The summed E-state index contributed by atoms with van der Waals surface area (Å²) in [4.78, 5) is 16.1. The second-order valence-electron chi connectivity index (χ2n) is 4.56. The molecule has 0 aliphatic rings. The average molecular weight is 287 g/mol. The molecule has 0 aliphatic carbocycles. The van der Waals surface area contributed by atoms with E-state index in [0.29, 0.717) is 12.2 Å². The molecular weight excluding hydrogens is 269 g/mol. The number of carbonyl (C=O) groups is 1. The Morgan fingerprint density at radius 1 is 1.29 bits per heavy atom. The van der Waals surface area contributed by atoms with Crippen LogP contribution in [0.2, 0.25) is 0 Å². The molecule has 0 aliphatic heterocycles. The molecule has 1 aromatic carbocycles. The molecule has 5 heteroatoms. The fraction of sp³-hybridized carbons (Fsp3) is 0.250. The molecule has 1 aromatic heterocycles. The first-order valence-corrected chi connectivity index (χ1v) is 6.94. The SMILES string of the molecule is CCNc1nccc(C(=O)Nc2cccc(CC)c2)c1F. The fourth-order valence-electron chi connectivity index (χ4n) is 1.98. The van der Waals surface area contributed by atoms with Gasteiger partial charge in [-0.15, -0.1) is 0 Å². The minimum Gasteiger partial charge on any atom is -0.368 e. The molecule has 0 fully saturated rings. The molecule has 0 radical (unpaired) electrons. The number of hydrogen-bond donors (Lipinski definition) is 2. The zero-order valence-corrected chi connectivity index (χ0v) is 12.1. The van der Waals surface area contributed by atoms with E-state index in [0.717, 1.165) is 12.0 Å². The fourth-order valence-corrected chi connectivity index (χ4v) is 1.98. The molecule has 0 unspecified atom stereocenters. The van der Waals surface area contributed by atoms with Crippen LogP contribution < -0.4 is 10.6 Å². The van der Waals surface area contributed by atoms with Gasteiger partial charge in [-0.1, -0.05) is 19.1 Å². The number of carbonyl (C=O) groups excluding carboxylic acids is 1. The second-order valence-corrected chi connectivity index (χ2v) is 4.56. The van der Waals surface area contributed by atoms with Gasteiger partial charge in [0.25, 0.3) is 5.91 Å². The van der Waals surface area contributed by atoms with E-state index in [4.69, 9.17) is 0 Å². The minimum atomic E-state index is -0.636. The van der Waals surface area contributed by atoms with Gasteiger partial charge in [-0.25, -0.2) is 9.37 Å². The highest BCUT2D eigenvalue weighted by Gasteiger charge is 2.15. The average Bonchev–Trinajstić information content (AvgIpc) is 2.49. The third-order valence-corrected chi connectivity index (χ3v) is 3.07. The molecule has 2 rings (SSSR count). The van der Waals surface area contributed by atoms with E-state index in [1.54, 1.807) is 6.07 Å². The Morgan fingerprint density at radius 2 is 2.10 bits per heavy atom. The highest BCUT2D eigenvalue weighted by Crippen LogP contribution is 2.17. The van der Waals surface area contributed by atoms with Gasteiger partial charge < -0.3 is 10.6 Å². The predicted octanol–water partition coefficient (Wildman–Crippen LogP) is 3.47. The van der Waals surface area contributed by atoms with Gasteiger partial charge in [0.15, 0.2) is 11.6 Å². The van der Waals surface area contributed by atoms with Gasteiger partial charge in [-0.3, -0.25) is 4.79 Å². The summed E-state index contributed by atoms with van der Waals surface area (Å²) < 4.78 is 14.2. The Bertz CT molecular complexity index is 643. The second kappa shape index (κ2) is 6.83. The number of hydrogen-bond acceptors (Lipinski definition) is 3. The maximum absolute atomic E-state index is 14.2. The van der Waals surface area contributed by atoms with Crippen molar-refractivity contribution < 1.29 is 9.18 Å². The van der Waals surface area contributed by atoms with Gasteiger partial charge >= 0.3 is 0 Å². The van der Waals surface area contributed by atoms with Gasteiger partial charge in [0.1, 0.15) is 0 Å². The summed E-state index contributed by atoms with van der Waals surface area (Å²) in [6.45, 7) is 4.41. The predicted molar refractivity (Wildman–Crippen MR) is 82.1 cm³/mol. The number of benzene rings is 1. The van der Waals surface area contributed by atoms with E-state index in [-0.39, 0.29) is 11.4 Å². The monoisotopic (exact) mass is 287 g/mol. The summed E-state index contributed by atoms with van der Waals surface area (Å²) in [5.74, 6) is -1.03. The number of nitrogens with one attached hydrogen (secondary N) is 2. The lowest BCUT2D eigenvalue weighted by Gasteiger charge is -2.09. The van der Waals surface area contributed by atoms with Crippen LogP contribution in [0.15, 0.2) is 36.5 Å². The van der Waals surface area contributed by atoms with Crippen LogP contribution in [-0.2, 0) is 6.42 Å². The topological polar surface area (TPSA) is 54.0 Å². The maximum Gasteiger partial charge on any atom is 0.258 e. The van der Waals surface area contributed by atoms with Gasteiger partial charge in [0.05, 0.1) is 5.56 Å². The lowest BCUT2D eigenvalue weighted by Crippen LogP contribution is -2.15. The van der Waals surface area contributed by atoms with Crippen molar-refractivity contribution in [2.75, 3.05) is 17.2 Å². The van der Waals surface area contributed by atoms with Crippen molar-refractivity contribution in [3.8, 4) is 0 Å². The molecule has 0 saturated carbocycles. The van der Waals surface area contributed by atoms with Crippen molar-refractivity contribution in [3.63, 3.8) is 0 Å². The summed E-state index contributed by atoms with van der Waals surface area (Å²) in [6, 6.07) is 8.87. The third-order valence-electron chi connectivity index (χ3n) is 3.07. The Morgan fingerprint density at radius 3 is 2.81 bits per heavy atom. The van der Waals surface area contributed by atoms with Gasteiger partial charge in [-0.2, -0.15) is 0 Å². The first-order chi connectivity index (χ1) is 10.2. The van der Waals surface area contributed by atoms with Crippen molar-refractivity contribution in [1.82, 2.24) is 4.98 Å². The molecular formula is C16H18FN3O. The molecule has 0 spiro atoms. The van der Waals surface area contributed by atoms with E-state index < -0.39 is 11.7 Å². The summed E-state index contributed by atoms with van der Waals surface area (Å²) in [5, 5.41) is 5.50. The largest absolute Gasteiger partial charge is 0.368 e. The molecule has 0 bridgehead atoms. The Kier molecular flexibility index (Phi) is 4.87. The molecule has 21 heavy (non-hydrogen) atoms. The molecule has 0 atom stereocenters. The van der Waals surface area contributed by atoms with Crippen LogP contribution >= 0.6 is 0 Å². The number of pyridine rings is 1. The number of rotatable bonds is 5. The maximum atomic E-state index is 14.2. The number of aryl methyl sites for hydroxylation is 1. The standard InChI is InChI=1S/C16H18FN3O/c1-3-11-6-5-7-12(10-11)20-16(21)13-8-9-19-15(14(13)17)18-4-2/h5-10H,3-4H2,1-2H3,(H,18,19)(H,20,21). The quantitative estimate of drug-likeness (QED) is 0.885. The van der Waals surface area contributed by atoms with Gasteiger partial charge in [0.2, 0.25) is 0 Å². The highest BCUT2D eigenvalue weighted by atomic mass is 19.1. The number of halogens is 1. The Hall–Kier alpha value is -2.43. The number of anilines is 2. The Labute approximate surface area is 123 Å². The van der Waals surface area contributed by atoms with Crippen molar-refractivity contribution >= 4 is 17.4 Å². The summed E-state index contributed by atoms with van der Waals surface area (Å²) in [7, 11) is 0. The van der Waals surface area contributed by atoms with Crippen LogP contribution in [0.25, 0.3) is 0 Å². The van der Waals surface area contributed by atoms with Crippen LogP contribution in [0.1, 0.15) is 29.8 Å². The number of nitrogens with zero attached hydrogens (tertiary/aromatic N) is 1. The summed E-state index contributed by atoms with van der Waals surface area (Å²) in [6.07, 6.45) is 2.29. The third kappa shape index (κ3) is 3.56. The molecule has 0 saturated heterocycles. The molecule has 110 valence electrons. The van der Waals surface area contributed by atoms with Gasteiger partial charge in [0, 0.05) is 18.4 Å². The van der Waals surface area contributed by atoms with Gasteiger partial charge in [-0.05, 0) is 37.1 Å². The summed E-state index contributed by atoms with van der Waals surface area (Å²) in [5.41, 5.74) is 1.74. The van der Waals surface area contributed by atoms with Crippen LogP contribution in [0.4, 0.5) is 15.9 Å².